The van der Waals surface area contributed by atoms with E-state index in [1.807, 2.05) is 47.2 Å². The van der Waals surface area contributed by atoms with Crippen molar-refractivity contribution >= 4 is 34.1 Å². The van der Waals surface area contributed by atoms with Crippen LogP contribution in [-0.4, -0.2) is 30.9 Å². The van der Waals surface area contributed by atoms with Gasteiger partial charge in [0.2, 0.25) is 5.91 Å². The lowest BCUT2D eigenvalue weighted by Gasteiger charge is -2.12. The van der Waals surface area contributed by atoms with Crippen molar-refractivity contribution in [3.8, 4) is 5.75 Å². The van der Waals surface area contributed by atoms with Gasteiger partial charge < -0.3 is 10.1 Å². The fourth-order valence-electron chi connectivity index (χ4n) is 2.19. The molecule has 1 aromatic carbocycles. The molecule has 0 saturated carbocycles. The molecule has 27 heavy (non-hydrogen) atoms. The Morgan fingerprint density at radius 1 is 1.41 bits per heavy atom. The Kier molecular flexibility index (Phi) is 6.61. The number of nitrogens with zero attached hydrogens (tertiary/aromatic N) is 4. The van der Waals surface area contributed by atoms with Crippen molar-refractivity contribution in [2.24, 2.45) is 0 Å². The summed E-state index contributed by atoms with van der Waals surface area (Å²) in [6.07, 6.45) is 3.41. The Morgan fingerprint density at radius 3 is 2.93 bits per heavy atom. The first-order valence-corrected chi connectivity index (χ1v) is 10.0. The predicted octanol–water partition coefficient (Wildman–Crippen LogP) is 3.62. The van der Waals surface area contributed by atoms with E-state index in [4.69, 9.17) is 4.74 Å². The normalized spacial score (nSPS) is 11.7. The second kappa shape index (κ2) is 9.33. The van der Waals surface area contributed by atoms with Gasteiger partial charge in [0.25, 0.3) is 0 Å². The van der Waals surface area contributed by atoms with Crippen molar-refractivity contribution in [3.63, 3.8) is 0 Å². The van der Waals surface area contributed by atoms with E-state index >= 15 is 0 Å². The van der Waals surface area contributed by atoms with Crippen molar-refractivity contribution in [2.45, 2.75) is 30.5 Å². The predicted molar refractivity (Wildman–Crippen MR) is 107 cm³/mol. The third kappa shape index (κ3) is 5.18. The van der Waals surface area contributed by atoms with Gasteiger partial charge in [0.15, 0.2) is 16.1 Å². The second-order valence-corrected chi connectivity index (χ2v) is 7.69. The number of allylic oxidation sites excluding steroid dienone is 1. The summed E-state index contributed by atoms with van der Waals surface area (Å²) >= 11 is 2.71. The molecule has 2 aromatic heterocycles. The number of rotatable bonds is 9. The Morgan fingerprint density at radius 2 is 2.22 bits per heavy atom. The number of hydrogen-bond acceptors (Lipinski definition) is 7. The van der Waals surface area contributed by atoms with E-state index in [1.165, 1.54) is 23.1 Å². The van der Waals surface area contributed by atoms with Crippen molar-refractivity contribution in [1.29, 1.82) is 0 Å². The third-order valence-electron chi connectivity index (χ3n) is 3.53. The van der Waals surface area contributed by atoms with Crippen molar-refractivity contribution < 1.29 is 9.53 Å². The monoisotopic (exact) mass is 401 g/mol. The minimum absolute atomic E-state index is 0.134. The quantitative estimate of drug-likeness (QED) is 0.436. The number of hydrogen-bond donors (Lipinski definition) is 1. The summed E-state index contributed by atoms with van der Waals surface area (Å²) in [5.74, 6) is 1.30. The van der Waals surface area contributed by atoms with Crippen LogP contribution in [0.5, 0.6) is 5.75 Å². The largest absolute Gasteiger partial charge is 0.486 e. The maximum absolute atomic E-state index is 12.3. The van der Waals surface area contributed by atoms with Crippen molar-refractivity contribution in [2.75, 3.05) is 5.32 Å². The number of ether oxygens (including phenoxy) is 1. The average Bonchev–Trinajstić information content (AvgIpc) is 3.32. The van der Waals surface area contributed by atoms with E-state index in [2.05, 4.69) is 27.1 Å². The lowest BCUT2D eigenvalue weighted by atomic mass is 10.3. The molecule has 0 aliphatic heterocycles. The van der Waals surface area contributed by atoms with Crippen LogP contribution in [0.2, 0.25) is 0 Å². The van der Waals surface area contributed by atoms with Gasteiger partial charge in [-0.25, -0.2) is 4.98 Å². The van der Waals surface area contributed by atoms with Gasteiger partial charge in [-0.1, -0.05) is 36.0 Å². The highest BCUT2D eigenvalue weighted by Gasteiger charge is 2.20. The number of carbonyl (C=O) groups is 1. The van der Waals surface area contributed by atoms with Crippen molar-refractivity contribution in [1.82, 2.24) is 19.7 Å². The van der Waals surface area contributed by atoms with Crippen LogP contribution in [0.25, 0.3) is 0 Å². The molecule has 3 rings (SSSR count). The van der Waals surface area contributed by atoms with Crippen LogP contribution in [0.15, 0.2) is 59.7 Å². The van der Waals surface area contributed by atoms with Gasteiger partial charge in [-0.2, -0.15) is 0 Å². The molecule has 9 heteroatoms. The molecule has 0 aliphatic rings. The van der Waals surface area contributed by atoms with E-state index < -0.39 is 0 Å². The van der Waals surface area contributed by atoms with Crippen LogP contribution in [0.3, 0.4) is 0 Å². The Labute approximate surface area is 165 Å². The Hall–Kier alpha value is -2.65. The molecular formula is C18H19N5O2S2. The molecule has 2 heterocycles. The van der Waals surface area contributed by atoms with E-state index in [1.54, 1.807) is 12.3 Å². The molecule has 1 amide bonds. The lowest BCUT2D eigenvalue weighted by Crippen LogP contribution is -2.23. The van der Waals surface area contributed by atoms with Crippen LogP contribution in [-0.2, 0) is 17.9 Å². The Bertz CT molecular complexity index is 881. The first-order valence-electron chi connectivity index (χ1n) is 8.25. The number of para-hydroxylation sites is 1. The highest BCUT2D eigenvalue weighted by molar-refractivity contribution is 8.00. The standard InChI is InChI=1S/C18H19N5O2S2/c1-3-10-23-15(12-25-14-7-5-4-6-8-14)21-22-18(23)27-13(2)16(24)20-17-19-9-11-26-17/h3-9,11,13H,1,10,12H2,2H3,(H,19,20,24). The zero-order valence-electron chi connectivity index (χ0n) is 14.7. The molecule has 140 valence electrons. The smallest absolute Gasteiger partial charge is 0.239 e. The fourth-order valence-corrected chi connectivity index (χ4v) is 3.60. The topological polar surface area (TPSA) is 81.9 Å². The average molecular weight is 402 g/mol. The third-order valence-corrected chi connectivity index (χ3v) is 5.30. The second-order valence-electron chi connectivity index (χ2n) is 5.49. The van der Waals surface area contributed by atoms with Gasteiger partial charge >= 0.3 is 0 Å². The number of carbonyl (C=O) groups excluding carboxylic acids is 1. The molecule has 1 unspecified atom stereocenters. The van der Waals surface area contributed by atoms with Gasteiger partial charge in [0, 0.05) is 18.1 Å². The maximum atomic E-state index is 12.3. The summed E-state index contributed by atoms with van der Waals surface area (Å²) in [6, 6.07) is 9.52. The number of aromatic nitrogens is 4. The van der Waals surface area contributed by atoms with E-state index in [9.17, 15) is 4.79 Å². The number of anilines is 1. The molecule has 0 saturated heterocycles. The Balaban J connectivity index is 1.66. The van der Waals surface area contributed by atoms with Crippen LogP contribution in [0.4, 0.5) is 5.13 Å². The number of thiazole rings is 1. The number of nitrogens with one attached hydrogen (secondary N) is 1. The van der Waals surface area contributed by atoms with Crippen LogP contribution in [0.1, 0.15) is 12.7 Å². The molecule has 1 N–H and O–H groups in total. The summed E-state index contributed by atoms with van der Waals surface area (Å²) in [5.41, 5.74) is 0. The van der Waals surface area contributed by atoms with Gasteiger partial charge in [-0.15, -0.1) is 28.1 Å². The zero-order valence-corrected chi connectivity index (χ0v) is 16.4. The minimum Gasteiger partial charge on any atom is -0.486 e. The van der Waals surface area contributed by atoms with Gasteiger partial charge in [-0.3, -0.25) is 9.36 Å². The van der Waals surface area contributed by atoms with Gasteiger partial charge in [-0.05, 0) is 19.1 Å². The number of benzene rings is 1. The van der Waals surface area contributed by atoms with E-state index in [0.717, 1.165) is 5.75 Å². The summed E-state index contributed by atoms with van der Waals surface area (Å²) in [6.45, 7) is 6.42. The molecule has 3 aromatic rings. The maximum Gasteiger partial charge on any atom is 0.239 e. The molecule has 0 bridgehead atoms. The van der Waals surface area contributed by atoms with Gasteiger partial charge in [0.05, 0.1) is 5.25 Å². The summed E-state index contributed by atoms with van der Waals surface area (Å²) in [7, 11) is 0. The first kappa shape index (κ1) is 19.1. The van der Waals surface area contributed by atoms with Crippen LogP contribution >= 0.6 is 23.1 Å². The zero-order chi connectivity index (χ0) is 19.1. The molecule has 0 fully saturated rings. The van der Waals surface area contributed by atoms with Crippen LogP contribution in [0, 0.1) is 0 Å². The molecule has 0 radical (unpaired) electrons. The minimum atomic E-state index is -0.357. The lowest BCUT2D eigenvalue weighted by molar-refractivity contribution is -0.115. The summed E-state index contributed by atoms with van der Waals surface area (Å²) < 4.78 is 7.66. The molecule has 0 spiro atoms. The number of thioether (sulfide) groups is 1. The highest BCUT2D eigenvalue weighted by Crippen LogP contribution is 2.24. The molecule has 7 nitrogen and oxygen atoms in total. The SMILES string of the molecule is C=CCn1c(COc2ccccc2)nnc1SC(C)C(=O)Nc1nccs1. The van der Waals surface area contributed by atoms with E-state index in [0.29, 0.717) is 22.7 Å². The summed E-state index contributed by atoms with van der Waals surface area (Å²) in [5, 5.41) is 13.9. The number of amides is 1. The summed E-state index contributed by atoms with van der Waals surface area (Å²) in [4.78, 5) is 16.4. The highest BCUT2D eigenvalue weighted by atomic mass is 32.2. The molecule has 0 aliphatic carbocycles. The van der Waals surface area contributed by atoms with Crippen LogP contribution < -0.4 is 10.1 Å². The van der Waals surface area contributed by atoms with Crippen molar-refractivity contribution in [3.05, 3.63) is 60.4 Å². The molecular weight excluding hydrogens is 382 g/mol. The fraction of sp³-hybridized carbons (Fsp3) is 0.222. The first-order chi connectivity index (χ1) is 13.2. The van der Waals surface area contributed by atoms with Gasteiger partial charge in [0.1, 0.15) is 12.4 Å². The molecule has 1 atom stereocenters. The van der Waals surface area contributed by atoms with E-state index in [-0.39, 0.29) is 17.8 Å².